The molecule has 0 unspecified atom stereocenters. The van der Waals surface area contributed by atoms with Crippen molar-refractivity contribution in [2.75, 3.05) is 0 Å². The van der Waals surface area contributed by atoms with Crippen molar-refractivity contribution in [3.8, 4) is 0 Å². The predicted octanol–water partition coefficient (Wildman–Crippen LogP) is 5.10. The van der Waals surface area contributed by atoms with Gasteiger partial charge in [0.2, 0.25) is 0 Å². The first-order chi connectivity index (χ1) is 8.32. The molecule has 0 saturated heterocycles. The topological polar surface area (TPSA) is 43.2 Å². The maximum absolute atomic E-state index is 5.24. The van der Waals surface area contributed by atoms with Gasteiger partial charge in [0.05, 0.1) is 11.4 Å². The molecule has 18 heavy (non-hydrogen) atoms. The molecule has 0 fully saturated rings. The molecule has 0 atom stereocenters. The summed E-state index contributed by atoms with van der Waals surface area (Å²) in [6, 6.07) is 0. The summed E-state index contributed by atoms with van der Waals surface area (Å²) < 4.78 is 0. The van der Waals surface area contributed by atoms with Crippen LogP contribution in [0.4, 0.5) is 0 Å². The number of halogens is 2. The van der Waals surface area contributed by atoms with E-state index in [0.29, 0.717) is 0 Å². The fraction of sp³-hybridized carbons (Fsp3) is 0.818. The molecule has 0 aliphatic heterocycles. The van der Waals surface area contributed by atoms with E-state index >= 15 is 0 Å². The first kappa shape index (κ1) is 21.2. The Kier molecular flexibility index (Phi) is 15.2. The summed E-state index contributed by atoms with van der Waals surface area (Å²) >= 11 is 4.49. The second-order valence-corrected chi connectivity index (χ2v) is 12.8. The summed E-state index contributed by atoms with van der Waals surface area (Å²) in [5, 5.41) is 7.88. The van der Waals surface area contributed by atoms with Gasteiger partial charge in [-0.3, -0.25) is 0 Å². The molecule has 0 rings (SSSR count). The Labute approximate surface area is 139 Å². The van der Waals surface area contributed by atoms with E-state index < -0.39 is 5.79 Å². The molecule has 0 bridgehead atoms. The molecule has 0 N–H and O–H groups in total. The Bertz CT molecular complexity index is 248. The third-order valence-corrected chi connectivity index (χ3v) is 1.87. The fourth-order valence-corrected chi connectivity index (χ4v) is 0.521. The first-order valence-corrected chi connectivity index (χ1v) is 12.3. The molecular formula is C11H22CoI2N2O2. The van der Waals surface area contributed by atoms with Gasteiger partial charge in [-0.15, -0.1) is 0 Å². The number of rotatable bonds is 6. The van der Waals surface area contributed by atoms with Crippen LogP contribution in [0.25, 0.3) is 0 Å². The Morgan fingerprint density at radius 3 is 1.50 bits per heavy atom. The van der Waals surface area contributed by atoms with Crippen LogP contribution in [0.15, 0.2) is 10.3 Å². The van der Waals surface area contributed by atoms with Crippen molar-refractivity contribution in [3.05, 3.63) is 0 Å². The first-order valence-electron chi connectivity index (χ1n) is 5.59. The molecule has 0 radical (unpaired) electrons. The van der Waals surface area contributed by atoms with E-state index in [1.807, 2.05) is 27.7 Å². The molecule has 0 aliphatic rings. The van der Waals surface area contributed by atoms with Crippen molar-refractivity contribution in [1.82, 2.24) is 0 Å². The Morgan fingerprint density at radius 1 is 1.00 bits per heavy atom. The minimum absolute atomic E-state index is 0.813. The summed E-state index contributed by atoms with van der Waals surface area (Å²) in [7, 11) is 1.38. The SMILES string of the molecule is CC/C(C)=N/OC(C)(C)O/N=C(\C)CC.[I][Co][I]. The van der Waals surface area contributed by atoms with Gasteiger partial charge in [-0.25, -0.2) is 0 Å². The van der Waals surface area contributed by atoms with E-state index in [0.717, 1.165) is 24.3 Å². The van der Waals surface area contributed by atoms with Crippen LogP contribution in [0, 0.1) is 0 Å². The van der Waals surface area contributed by atoms with Crippen LogP contribution in [-0.4, -0.2) is 17.2 Å². The van der Waals surface area contributed by atoms with Crippen molar-refractivity contribution in [3.63, 3.8) is 0 Å². The van der Waals surface area contributed by atoms with Crippen LogP contribution in [0.5, 0.6) is 0 Å². The number of hydrogen-bond acceptors (Lipinski definition) is 4. The zero-order chi connectivity index (χ0) is 14.6. The van der Waals surface area contributed by atoms with Gasteiger partial charge in [0.15, 0.2) is 0 Å². The molecule has 4 nitrogen and oxygen atoms in total. The third kappa shape index (κ3) is 15.0. The number of nitrogens with zero attached hydrogens (tertiary/aromatic N) is 2. The molecule has 0 aliphatic carbocycles. The minimum atomic E-state index is -0.813. The summed E-state index contributed by atoms with van der Waals surface area (Å²) in [6.45, 7) is 11.4. The van der Waals surface area contributed by atoms with Crippen molar-refractivity contribution in [1.29, 1.82) is 0 Å². The molecule has 0 heterocycles. The van der Waals surface area contributed by atoms with Gasteiger partial charge in [-0.1, -0.05) is 24.2 Å². The van der Waals surface area contributed by atoms with Crippen LogP contribution < -0.4 is 0 Å². The summed E-state index contributed by atoms with van der Waals surface area (Å²) in [5.74, 6) is -0.813. The number of hydrogen-bond donors (Lipinski definition) is 0. The molecule has 0 saturated carbocycles. The van der Waals surface area contributed by atoms with Gasteiger partial charge in [-0.2, -0.15) is 0 Å². The van der Waals surface area contributed by atoms with Gasteiger partial charge in [-0.05, 0) is 26.7 Å². The molecule has 0 amide bonds. The van der Waals surface area contributed by atoms with Crippen LogP contribution in [-0.2, 0) is 17.9 Å². The van der Waals surface area contributed by atoms with E-state index in [1.165, 1.54) is 8.26 Å². The molecule has 0 aromatic heterocycles. The molecule has 111 valence electrons. The maximum atomic E-state index is 5.24. The van der Waals surface area contributed by atoms with Crippen LogP contribution in [0.1, 0.15) is 54.4 Å². The Hall–Kier alpha value is 0.906. The van der Waals surface area contributed by atoms with Crippen molar-refractivity contribution < 1.29 is 17.9 Å². The second kappa shape index (κ2) is 12.9. The van der Waals surface area contributed by atoms with Gasteiger partial charge >= 0.3 is 49.1 Å². The third-order valence-electron chi connectivity index (χ3n) is 1.87. The summed E-state index contributed by atoms with van der Waals surface area (Å²) in [5.41, 5.74) is 1.87. The van der Waals surface area contributed by atoms with E-state index in [-0.39, 0.29) is 0 Å². The predicted molar refractivity (Wildman–Crippen MR) is 91.1 cm³/mol. The quantitative estimate of drug-likeness (QED) is 0.209. The van der Waals surface area contributed by atoms with E-state index in [9.17, 15) is 0 Å². The normalized spacial score (nSPS) is 12.9. The van der Waals surface area contributed by atoms with E-state index in [2.05, 4.69) is 51.1 Å². The molecule has 7 heteroatoms. The van der Waals surface area contributed by atoms with Crippen LogP contribution in [0.2, 0.25) is 0 Å². The summed E-state index contributed by atoms with van der Waals surface area (Å²) in [6.07, 6.45) is 1.74. The number of oxime groups is 2. The van der Waals surface area contributed by atoms with Gasteiger partial charge in [0.25, 0.3) is 5.79 Å². The van der Waals surface area contributed by atoms with Crippen LogP contribution >= 0.6 is 40.8 Å². The molecule has 0 aromatic carbocycles. The molecule has 0 spiro atoms. The van der Waals surface area contributed by atoms with E-state index in [1.54, 1.807) is 13.8 Å². The Balaban J connectivity index is 0. The zero-order valence-corrected chi connectivity index (χ0v) is 17.1. The fourth-order valence-electron chi connectivity index (χ4n) is 0.521. The second-order valence-electron chi connectivity index (χ2n) is 3.99. The van der Waals surface area contributed by atoms with Gasteiger partial charge in [0.1, 0.15) is 0 Å². The van der Waals surface area contributed by atoms with Crippen molar-refractivity contribution >= 4 is 52.3 Å². The van der Waals surface area contributed by atoms with Crippen molar-refractivity contribution in [2.24, 2.45) is 10.3 Å². The monoisotopic (exact) mass is 527 g/mol. The molecular weight excluding hydrogens is 505 g/mol. The average molecular weight is 527 g/mol. The average Bonchev–Trinajstić information content (AvgIpc) is 2.34. The Morgan fingerprint density at radius 2 is 1.28 bits per heavy atom. The summed E-state index contributed by atoms with van der Waals surface area (Å²) in [4.78, 5) is 10.5. The van der Waals surface area contributed by atoms with Crippen molar-refractivity contribution in [2.45, 2.75) is 60.2 Å². The van der Waals surface area contributed by atoms with Gasteiger partial charge in [0, 0.05) is 13.8 Å². The van der Waals surface area contributed by atoms with Gasteiger partial charge < -0.3 is 9.68 Å². The standard InChI is InChI=1S/C11H22N2O2.Co.2HI/c1-7-9(3)12-14-11(5,6)15-13-10(4)8-2;;;/h7-8H2,1-6H3;;2*1H/q;+2;;/p-2/b12-9+,13-10+;;;. The van der Waals surface area contributed by atoms with Crippen LogP contribution in [0.3, 0.4) is 0 Å². The zero-order valence-electron chi connectivity index (χ0n) is 11.7. The molecule has 0 aromatic rings. The van der Waals surface area contributed by atoms with E-state index in [4.69, 9.17) is 9.68 Å².